The minimum absolute atomic E-state index is 0.595. The molecule has 1 unspecified atom stereocenters. The lowest BCUT2D eigenvalue weighted by atomic mass is 10.1. The lowest BCUT2D eigenvalue weighted by Gasteiger charge is -2.10. The van der Waals surface area contributed by atoms with Gasteiger partial charge in [-0.25, -0.2) is 4.79 Å². The van der Waals surface area contributed by atoms with E-state index in [1.807, 2.05) is 0 Å². The van der Waals surface area contributed by atoms with Crippen molar-refractivity contribution in [1.82, 2.24) is 15.0 Å². The average molecular weight is 247 g/mol. The van der Waals surface area contributed by atoms with Crippen molar-refractivity contribution in [2.45, 2.75) is 6.10 Å². The van der Waals surface area contributed by atoms with Gasteiger partial charge >= 0.3 is 5.97 Å². The average Bonchev–Trinajstić information content (AvgIpc) is 2.77. The fraction of sp³-hybridized carbons (Fsp3) is 0.250. The number of aromatic nitrogens is 3. The SMILES string of the molecule is COC(C(=O)O)c1ccc(-c2cnn(C)n2)cc1. The molecule has 2 aromatic rings. The molecule has 6 nitrogen and oxygen atoms in total. The molecule has 0 saturated heterocycles. The van der Waals surface area contributed by atoms with E-state index in [1.54, 1.807) is 37.5 Å². The van der Waals surface area contributed by atoms with Gasteiger partial charge in [-0.1, -0.05) is 24.3 Å². The highest BCUT2D eigenvalue weighted by atomic mass is 16.5. The summed E-state index contributed by atoms with van der Waals surface area (Å²) in [5, 5.41) is 17.1. The molecule has 0 bridgehead atoms. The molecule has 1 atom stereocenters. The third-order valence-electron chi connectivity index (χ3n) is 2.57. The zero-order valence-electron chi connectivity index (χ0n) is 10.1. The molecule has 0 amide bonds. The van der Waals surface area contributed by atoms with Crippen LogP contribution in [-0.2, 0) is 16.6 Å². The molecule has 2 rings (SSSR count). The van der Waals surface area contributed by atoms with Gasteiger partial charge in [0.2, 0.25) is 0 Å². The third kappa shape index (κ3) is 2.38. The van der Waals surface area contributed by atoms with Gasteiger partial charge < -0.3 is 9.84 Å². The van der Waals surface area contributed by atoms with Crippen molar-refractivity contribution in [1.29, 1.82) is 0 Å². The number of benzene rings is 1. The van der Waals surface area contributed by atoms with Crippen molar-refractivity contribution in [2.75, 3.05) is 7.11 Å². The molecule has 0 radical (unpaired) electrons. The molecule has 0 aliphatic heterocycles. The molecule has 94 valence electrons. The van der Waals surface area contributed by atoms with Crippen LogP contribution in [0.2, 0.25) is 0 Å². The number of aliphatic carboxylic acids is 1. The summed E-state index contributed by atoms with van der Waals surface area (Å²) in [6.45, 7) is 0. The third-order valence-corrected chi connectivity index (χ3v) is 2.57. The van der Waals surface area contributed by atoms with Crippen molar-refractivity contribution in [2.24, 2.45) is 7.05 Å². The maximum absolute atomic E-state index is 10.9. The molecule has 0 saturated carbocycles. The van der Waals surface area contributed by atoms with Crippen LogP contribution in [0.1, 0.15) is 11.7 Å². The van der Waals surface area contributed by atoms with E-state index < -0.39 is 12.1 Å². The minimum atomic E-state index is -1.01. The lowest BCUT2D eigenvalue weighted by Crippen LogP contribution is -2.13. The van der Waals surface area contributed by atoms with Gasteiger partial charge in [-0.05, 0) is 5.56 Å². The van der Waals surface area contributed by atoms with Gasteiger partial charge in [-0.2, -0.15) is 15.0 Å². The Balaban J connectivity index is 2.27. The monoisotopic (exact) mass is 247 g/mol. The number of rotatable bonds is 4. The number of hydrogen-bond acceptors (Lipinski definition) is 4. The normalized spacial score (nSPS) is 12.3. The van der Waals surface area contributed by atoms with E-state index in [0.717, 1.165) is 11.3 Å². The van der Waals surface area contributed by atoms with Crippen molar-refractivity contribution < 1.29 is 14.6 Å². The fourth-order valence-corrected chi connectivity index (χ4v) is 1.69. The summed E-state index contributed by atoms with van der Waals surface area (Å²) in [4.78, 5) is 12.4. The van der Waals surface area contributed by atoms with E-state index in [4.69, 9.17) is 9.84 Å². The first-order valence-electron chi connectivity index (χ1n) is 5.34. The van der Waals surface area contributed by atoms with Gasteiger partial charge in [0, 0.05) is 19.7 Å². The second-order valence-corrected chi connectivity index (χ2v) is 3.80. The van der Waals surface area contributed by atoms with E-state index in [0.29, 0.717) is 5.56 Å². The van der Waals surface area contributed by atoms with Crippen molar-refractivity contribution in [3.63, 3.8) is 0 Å². The van der Waals surface area contributed by atoms with Gasteiger partial charge in [0.05, 0.1) is 6.20 Å². The Hall–Kier alpha value is -2.21. The standard InChI is InChI=1S/C12H13N3O3/c1-15-13-7-10(14-15)8-3-5-9(6-4-8)11(18-2)12(16)17/h3-7,11H,1-2H3,(H,16,17). The molecular weight excluding hydrogens is 234 g/mol. The second-order valence-electron chi connectivity index (χ2n) is 3.80. The molecule has 6 heteroatoms. The Morgan fingerprint density at radius 3 is 2.50 bits per heavy atom. The highest BCUT2D eigenvalue weighted by Crippen LogP contribution is 2.21. The van der Waals surface area contributed by atoms with Crippen LogP contribution in [0.4, 0.5) is 0 Å². The zero-order chi connectivity index (χ0) is 13.1. The van der Waals surface area contributed by atoms with Crippen LogP contribution in [-0.4, -0.2) is 33.2 Å². The maximum Gasteiger partial charge on any atom is 0.337 e. The molecule has 1 N–H and O–H groups in total. The summed E-state index contributed by atoms with van der Waals surface area (Å²) >= 11 is 0. The molecule has 0 fully saturated rings. The Labute approximate surface area is 104 Å². The van der Waals surface area contributed by atoms with Crippen LogP contribution in [0, 0.1) is 0 Å². The first-order valence-corrected chi connectivity index (χ1v) is 5.34. The van der Waals surface area contributed by atoms with Gasteiger partial charge in [0.15, 0.2) is 6.10 Å². The number of ether oxygens (including phenoxy) is 1. The van der Waals surface area contributed by atoms with Crippen molar-refractivity contribution >= 4 is 5.97 Å². The summed E-state index contributed by atoms with van der Waals surface area (Å²) in [5.41, 5.74) is 2.22. The molecule has 0 spiro atoms. The Kier molecular flexibility index (Phi) is 3.38. The van der Waals surface area contributed by atoms with Gasteiger partial charge in [-0.15, -0.1) is 0 Å². The summed E-state index contributed by atoms with van der Waals surface area (Å²) in [6.07, 6.45) is 0.709. The fourth-order valence-electron chi connectivity index (χ4n) is 1.69. The zero-order valence-corrected chi connectivity index (χ0v) is 10.1. The molecule has 1 aromatic carbocycles. The van der Waals surface area contributed by atoms with Crippen LogP contribution in [0.3, 0.4) is 0 Å². The van der Waals surface area contributed by atoms with E-state index >= 15 is 0 Å². The van der Waals surface area contributed by atoms with Crippen LogP contribution < -0.4 is 0 Å². The second kappa shape index (κ2) is 4.97. The Morgan fingerprint density at radius 2 is 2.06 bits per heavy atom. The molecular formula is C12H13N3O3. The maximum atomic E-state index is 10.9. The molecule has 1 aromatic heterocycles. The Bertz CT molecular complexity index is 548. The molecule has 0 aliphatic carbocycles. The summed E-state index contributed by atoms with van der Waals surface area (Å²) in [5.74, 6) is -1.01. The van der Waals surface area contributed by atoms with Crippen LogP contribution in [0.5, 0.6) is 0 Å². The number of nitrogens with zero attached hydrogens (tertiary/aromatic N) is 3. The minimum Gasteiger partial charge on any atom is -0.479 e. The Morgan fingerprint density at radius 1 is 1.39 bits per heavy atom. The number of carboxylic acids is 1. The predicted octanol–water partition coefficient (Wildman–Crippen LogP) is 1.25. The highest BCUT2D eigenvalue weighted by Gasteiger charge is 2.18. The van der Waals surface area contributed by atoms with Gasteiger partial charge in [0.25, 0.3) is 0 Å². The van der Waals surface area contributed by atoms with E-state index in [-0.39, 0.29) is 0 Å². The van der Waals surface area contributed by atoms with E-state index in [1.165, 1.54) is 11.9 Å². The largest absolute Gasteiger partial charge is 0.479 e. The highest BCUT2D eigenvalue weighted by molar-refractivity contribution is 5.74. The number of hydrogen-bond donors (Lipinski definition) is 1. The summed E-state index contributed by atoms with van der Waals surface area (Å²) in [7, 11) is 3.11. The van der Waals surface area contributed by atoms with E-state index in [9.17, 15) is 4.79 Å². The quantitative estimate of drug-likeness (QED) is 0.879. The van der Waals surface area contributed by atoms with Crippen LogP contribution >= 0.6 is 0 Å². The number of carbonyl (C=O) groups is 1. The van der Waals surface area contributed by atoms with E-state index in [2.05, 4.69) is 10.2 Å². The van der Waals surface area contributed by atoms with Gasteiger partial charge in [-0.3, -0.25) is 0 Å². The lowest BCUT2D eigenvalue weighted by molar-refractivity contribution is -0.148. The first-order chi connectivity index (χ1) is 8.61. The van der Waals surface area contributed by atoms with Crippen LogP contribution in [0.15, 0.2) is 30.5 Å². The van der Waals surface area contributed by atoms with Crippen LogP contribution in [0.25, 0.3) is 11.3 Å². The number of methoxy groups -OCH3 is 1. The first kappa shape index (κ1) is 12.3. The van der Waals surface area contributed by atoms with Crippen molar-refractivity contribution in [3.8, 4) is 11.3 Å². The predicted molar refractivity (Wildman–Crippen MR) is 63.8 cm³/mol. The summed E-state index contributed by atoms with van der Waals surface area (Å²) < 4.78 is 4.92. The molecule has 0 aliphatic rings. The number of aryl methyl sites for hydroxylation is 1. The van der Waals surface area contributed by atoms with Gasteiger partial charge in [0.1, 0.15) is 5.69 Å². The summed E-state index contributed by atoms with van der Waals surface area (Å²) in [6, 6.07) is 7.03. The van der Waals surface area contributed by atoms with Crippen molar-refractivity contribution in [3.05, 3.63) is 36.0 Å². The number of carboxylic acid groups (broad SMARTS) is 1. The molecule has 1 heterocycles. The topological polar surface area (TPSA) is 77.2 Å². The molecule has 18 heavy (non-hydrogen) atoms. The smallest absolute Gasteiger partial charge is 0.337 e.